The van der Waals surface area contributed by atoms with Gasteiger partial charge in [-0.25, -0.2) is 0 Å². The van der Waals surface area contributed by atoms with Crippen LogP contribution in [0, 0.1) is 6.92 Å². The normalized spacial score (nSPS) is 22.1. The number of amidine groups is 1. The molecule has 0 saturated carbocycles. The number of allylic oxidation sites excluding steroid dienone is 1. The molecule has 148 valence electrons. The molecule has 1 fully saturated rings. The van der Waals surface area contributed by atoms with Gasteiger partial charge < -0.3 is 9.64 Å². The summed E-state index contributed by atoms with van der Waals surface area (Å²) in [5.41, 5.74) is 5.39. The van der Waals surface area contributed by atoms with Crippen LogP contribution in [0.3, 0.4) is 0 Å². The molecule has 0 radical (unpaired) electrons. The van der Waals surface area contributed by atoms with Gasteiger partial charge in [-0.05, 0) is 72.8 Å². The predicted octanol–water partition coefficient (Wildman–Crippen LogP) is 4.27. The Morgan fingerprint density at radius 2 is 2.00 bits per heavy atom. The average Bonchev–Trinajstić information content (AvgIpc) is 3.30. The summed E-state index contributed by atoms with van der Waals surface area (Å²) >= 11 is 1.50. The Morgan fingerprint density at radius 3 is 2.79 bits per heavy atom. The first-order valence-electron chi connectivity index (χ1n) is 9.98. The number of piperidine rings is 1. The molecule has 0 atom stereocenters. The van der Waals surface area contributed by atoms with Crippen LogP contribution in [0.25, 0.3) is 5.57 Å². The third-order valence-corrected chi connectivity index (χ3v) is 7.33. The van der Waals surface area contributed by atoms with Crippen LogP contribution in [0.5, 0.6) is 0 Å². The number of aromatic nitrogens is 1. The number of thioether (sulfide) groups is 1. The van der Waals surface area contributed by atoms with E-state index in [9.17, 15) is 4.79 Å². The van der Waals surface area contributed by atoms with E-state index in [1.165, 1.54) is 22.9 Å². The van der Waals surface area contributed by atoms with Crippen molar-refractivity contribution in [2.45, 2.75) is 38.9 Å². The molecular formula is C23H23N3O2S. The fourth-order valence-corrected chi connectivity index (χ4v) is 5.46. The average molecular weight is 406 g/mol. The molecule has 0 N–H and O–H groups in total. The Labute approximate surface area is 174 Å². The van der Waals surface area contributed by atoms with Gasteiger partial charge in [-0.2, -0.15) is 4.99 Å². The molecule has 0 unspecified atom stereocenters. The summed E-state index contributed by atoms with van der Waals surface area (Å²) < 4.78 is 6.26. The second kappa shape index (κ2) is 7.11. The van der Waals surface area contributed by atoms with Crippen molar-refractivity contribution in [1.82, 2.24) is 9.88 Å². The first-order chi connectivity index (χ1) is 14.1. The number of ether oxygens (including phenoxy) is 1. The third-order valence-electron chi connectivity index (χ3n) is 6.11. The summed E-state index contributed by atoms with van der Waals surface area (Å²) in [5.74, 6) is -0.139. The second-order valence-electron chi connectivity index (χ2n) is 7.87. The van der Waals surface area contributed by atoms with Crippen molar-refractivity contribution >= 4 is 28.4 Å². The Balaban J connectivity index is 1.32. The largest absolute Gasteiger partial charge is 0.365 e. The van der Waals surface area contributed by atoms with E-state index < -0.39 is 0 Å². The smallest absolute Gasteiger partial charge is 0.286 e. The van der Waals surface area contributed by atoms with E-state index in [1.807, 2.05) is 26.0 Å². The molecule has 1 spiro atoms. The van der Waals surface area contributed by atoms with Crippen molar-refractivity contribution in [2.75, 3.05) is 13.1 Å². The standard InChI is InChI=1S/C23H23N3O2S/c1-15-13-17(7-10-24-15)16(2)20-21(27)25-22(29-20)26-11-8-23(9-12-26)19-6-4-3-5-18(19)14-28-23/h3-7,10,13H,8-9,11-12,14H2,1-2H3. The number of hydrogen-bond acceptors (Lipinski definition) is 5. The Hall–Kier alpha value is -2.44. The van der Waals surface area contributed by atoms with Gasteiger partial charge in [0.05, 0.1) is 17.1 Å². The minimum absolute atomic E-state index is 0.139. The number of fused-ring (bicyclic) bond motifs is 2. The number of likely N-dealkylation sites (tertiary alicyclic amines) is 1. The Bertz CT molecular complexity index is 1050. The number of pyridine rings is 1. The quantitative estimate of drug-likeness (QED) is 0.663. The van der Waals surface area contributed by atoms with E-state index in [0.29, 0.717) is 11.5 Å². The summed E-state index contributed by atoms with van der Waals surface area (Å²) in [4.78, 5) is 24.2. The molecule has 29 heavy (non-hydrogen) atoms. The molecule has 5 nitrogen and oxygen atoms in total. The van der Waals surface area contributed by atoms with Gasteiger partial charge >= 0.3 is 0 Å². The molecule has 5 rings (SSSR count). The molecule has 2 aromatic rings. The summed E-state index contributed by atoms with van der Waals surface area (Å²) in [6.07, 6.45) is 3.61. The van der Waals surface area contributed by atoms with Crippen LogP contribution in [-0.2, 0) is 21.7 Å². The number of rotatable bonds is 1. The number of aryl methyl sites for hydroxylation is 1. The highest BCUT2D eigenvalue weighted by Gasteiger charge is 2.43. The van der Waals surface area contributed by atoms with E-state index in [-0.39, 0.29) is 11.5 Å². The first-order valence-corrected chi connectivity index (χ1v) is 10.8. The van der Waals surface area contributed by atoms with Crippen LogP contribution in [0.15, 0.2) is 52.5 Å². The van der Waals surface area contributed by atoms with E-state index in [1.54, 1.807) is 6.20 Å². The van der Waals surface area contributed by atoms with Gasteiger partial charge in [-0.3, -0.25) is 9.78 Å². The lowest BCUT2D eigenvalue weighted by Gasteiger charge is -2.39. The summed E-state index contributed by atoms with van der Waals surface area (Å²) in [6, 6.07) is 12.5. The van der Waals surface area contributed by atoms with E-state index in [4.69, 9.17) is 4.74 Å². The molecule has 3 aliphatic rings. The van der Waals surface area contributed by atoms with E-state index in [2.05, 4.69) is 39.1 Å². The summed E-state index contributed by atoms with van der Waals surface area (Å²) in [5, 5.41) is 0.816. The molecule has 0 aliphatic carbocycles. The lowest BCUT2D eigenvalue weighted by Crippen LogP contribution is -2.44. The molecule has 3 aliphatic heterocycles. The number of amides is 1. The highest BCUT2D eigenvalue weighted by molar-refractivity contribution is 8.18. The van der Waals surface area contributed by atoms with Crippen molar-refractivity contribution in [1.29, 1.82) is 0 Å². The maximum absolute atomic E-state index is 12.6. The van der Waals surface area contributed by atoms with Crippen LogP contribution in [-0.4, -0.2) is 34.0 Å². The van der Waals surface area contributed by atoms with E-state index in [0.717, 1.165) is 47.9 Å². The highest BCUT2D eigenvalue weighted by Crippen LogP contribution is 2.45. The highest BCUT2D eigenvalue weighted by atomic mass is 32.2. The van der Waals surface area contributed by atoms with Crippen LogP contribution < -0.4 is 0 Å². The molecule has 6 heteroatoms. The van der Waals surface area contributed by atoms with E-state index >= 15 is 0 Å². The maximum Gasteiger partial charge on any atom is 0.286 e. The van der Waals surface area contributed by atoms with Crippen molar-refractivity contribution in [3.8, 4) is 0 Å². The topological polar surface area (TPSA) is 54.8 Å². The van der Waals surface area contributed by atoms with Gasteiger partial charge in [0.15, 0.2) is 5.17 Å². The molecule has 1 saturated heterocycles. The monoisotopic (exact) mass is 405 g/mol. The van der Waals surface area contributed by atoms with Crippen LogP contribution in [0.1, 0.15) is 42.1 Å². The van der Waals surface area contributed by atoms with Gasteiger partial charge in [0.25, 0.3) is 5.91 Å². The molecule has 1 aromatic carbocycles. The van der Waals surface area contributed by atoms with Gasteiger partial charge in [-0.1, -0.05) is 24.3 Å². The second-order valence-corrected chi connectivity index (χ2v) is 8.85. The SMILES string of the molecule is CC(=C1SC(N2CCC3(CC2)OCc2ccccc23)=NC1=O)c1ccnc(C)c1. The zero-order valence-corrected chi connectivity index (χ0v) is 17.5. The van der Waals surface area contributed by atoms with Crippen LogP contribution >= 0.6 is 11.8 Å². The molecule has 0 bridgehead atoms. The van der Waals surface area contributed by atoms with Gasteiger partial charge in [-0.15, -0.1) is 0 Å². The predicted molar refractivity (Wildman–Crippen MR) is 115 cm³/mol. The molecule has 1 amide bonds. The fraction of sp³-hybridized carbons (Fsp3) is 0.348. The number of carbonyl (C=O) groups excluding carboxylic acids is 1. The molecular weight excluding hydrogens is 382 g/mol. The van der Waals surface area contributed by atoms with Gasteiger partial charge in [0.1, 0.15) is 0 Å². The number of nitrogens with zero attached hydrogens (tertiary/aromatic N) is 3. The third kappa shape index (κ3) is 3.20. The Morgan fingerprint density at radius 1 is 1.21 bits per heavy atom. The minimum atomic E-state index is -0.177. The van der Waals surface area contributed by atoms with Gasteiger partial charge in [0.2, 0.25) is 0 Å². The van der Waals surface area contributed by atoms with Crippen molar-refractivity contribution in [3.63, 3.8) is 0 Å². The van der Waals surface area contributed by atoms with Gasteiger partial charge in [0, 0.05) is 25.0 Å². The van der Waals surface area contributed by atoms with Crippen LogP contribution in [0.2, 0.25) is 0 Å². The first kappa shape index (κ1) is 18.6. The minimum Gasteiger partial charge on any atom is -0.365 e. The zero-order chi connectivity index (χ0) is 20.0. The zero-order valence-electron chi connectivity index (χ0n) is 16.6. The number of carbonyl (C=O) groups is 1. The summed E-state index contributed by atoms with van der Waals surface area (Å²) in [7, 11) is 0. The van der Waals surface area contributed by atoms with Crippen molar-refractivity contribution in [2.24, 2.45) is 4.99 Å². The summed E-state index contributed by atoms with van der Waals surface area (Å²) in [6.45, 7) is 6.33. The lowest BCUT2D eigenvalue weighted by molar-refractivity contribution is -0.113. The number of hydrogen-bond donors (Lipinski definition) is 0. The molecule has 4 heterocycles. The lowest BCUT2D eigenvalue weighted by atomic mass is 9.84. The Kier molecular flexibility index (Phi) is 4.56. The molecule has 1 aromatic heterocycles. The van der Waals surface area contributed by atoms with Crippen LogP contribution in [0.4, 0.5) is 0 Å². The van der Waals surface area contributed by atoms with Crippen molar-refractivity contribution < 1.29 is 9.53 Å². The number of benzene rings is 1. The number of aliphatic imine (C=N–C) groups is 1. The van der Waals surface area contributed by atoms with Crippen molar-refractivity contribution in [3.05, 3.63) is 69.9 Å². The maximum atomic E-state index is 12.6. The fourth-order valence-electron chi connectivity index (χ4n) is 4.43.